The smallest absolute Gasteiger partial charge is 0.320 e. The Hall–Kier alpha value is -3.53. The molecule has 3 rings (SSSR count). The van der Waals surface area contributed by atoms with Crippen molar-refractivity contribution in [3.63, 3.8) is 0 Å². The number of carbonyl (C=O) groups is 1. The summed E-state index contributed by atoms with van der Waals surface area (Å²) in [6.45, 7) is 1.99. The van der Waals surface area contributed by atoms with Crippen LogP contribution in [0, 0.1) is 10.1 Å². The Bertz CT molecular complexity index is 1110. The number of aromatic nitrogens is 2. The second kappa shape index (κ2) is 9.31. The van der Waals surface area contributed by atoms with E-state index in [2.05, 4.69) is 31.6 Å². The standard InChI is InChI=1S/C20H18BrN5O4/c1-13(15-6-8-17(30-2)9-7-15)22-23-20(27)19-18(26(28)29)12-25(24-19)11-14-4-3-5-16(21)10-14/h3-10,12H,11H2,1-2H3,(H,23,27)/b22-13+. The molecule has 1 heterocycles. The number of hydrogen-bond acceptors (Lipinski definition) is 6. The van der Waals surface area contributed by atoms with Gasteiger partial charge in [-0.05, 0) is 54.4 Å². The van der Waals surface area contributed by atoms with Crippen LogP contribution in [-0.4, -0.2) is 33.4 Å². The molecule has 9 nitrogen and oxygen atoms in total. The lowest BCUT2D eigenvalue weighted by atomic mass is 10.1. The SMILES string of the molecule is COc1ccc(/C(C)=N/NC(=O)c2nn(Cc3cccc(Br)c3)cc2[N+](=O)[O-])cc1. The van der Waals surface area contributed by atoms with E-state index in [9.17, 15) is 14.9 Å². The fourth-order valence-electron chi connectivity index (χ4n) is 2.69. The van der Waals surface area contributed by atoms with Crippen molar-refractivity contribution < 1.29 is 14.5 Å². The molecule has 0 saturated carbocycles. The Balaban J connectivity index is 1.78. The van der Waals surface area contributed by atoms with Gasteiger partial charge in [0, 0.05) is 4.47 Å². The average molecular weight is 472 g/mol. The molecule has 0 unspecified atom stereocenters. The number of benzene rings is 2. The number of nitrogens with one attached hydrogen (secondary N) is 1. The summed E-state index contributed by atoms with van der Waals surface area (Å²) in [4.78, 5) is 23.2. The van der Waals surface area contributed by atoms with Crippen LogP contribution >= 0.6 is 15.9 Å². The van der Waals surface area contributed by atoms with E-state index in [-0.39, 0.29) is 17.9 Å². The van der Waals surface area contributed by atoms with Crippen LogP contribution in [0.4, 0.5) is 5.69 Å². The molecule has 30 heavy (non-hydrogen) atoms. The molecule has 0 aliphatic carbocycles. The topological polar surface area (TPSA) is 112 Å². The maximum Gasteiger partial charge on any atom is 0.320 e. The van der Waals surface area contributed by atoms with E-state index in [1.54, 1.807) is 38.3 Å². The summed E-state index contributed by atoms with van der Waals surface area (Å²) in [5, 5.41) is 19.5. The van der Waals surface area contributed by atoms with E-state index in [0.717, 1.165) is 15.6 Å². The number of hydrazone groups is 1. The molecule has 0 spiro atoms. The fourth-order valence-corrected chi connectivity index (χ4v) is 3.14. The van der Waals surface area contributed by atoms with Gasteiger partial charge in [0.05, 0.1) is 24.3 Å². The summed E-state index contributed by atoms with van der Waals surface area (Å²) in [7, 11) is 1.57. The molecule has 154 valence electrons. The van der Waals surface area contributed by atoms with Crippen LogP contribution in [0.3, 0.4) is 0 Å². The van der Waals surface area contributed by atoms with Crippen molar-refractivity contribution >= 4 is 33.2 Å². The van der Waals surface area contributed by atoms with E-state index < -0.39 is 10.8 Å². The van der Waals surface area contributed by atoms with Crippen molar-refractivity contribution in [2.75, 3.05) is 7.11 Å². The number of methoxy groups -OCH3 is 1. The van der Waals surface area contributed by atoms with Gasteiger partial charge in [-0.1, -0.05) is 28.1 Å². The van der Waals surface area contributed by atoms with E-state index in [4.69, 9.17) is 4.74 Å². The zero-order valence-electron chi connectivity index (χ0n) is 16.2. The number of rotatable bonds is 7. The third kappa shape index (κ3) is 5.09. The molecule has 3 aromatic rings. The molecule has 0 fully saturated rings. The summed E-state index contributed by atoms with van der Waals surface area (Å²) >= 11 is 3.38. The number of amides is 1. The summed E-state index contributed by atoms with van der Waals surface area (Å²) in [5.74, 6) is -0.0650. The minimum atomic E-state index is -0.762. The Morgan fingerprint density at radius 2 is 2.03 bits per heavy atom. The van der Waals surface area contributed by atoms with Crippen LogP contribution in [0.25, 0.3) is 0 Å². The van der Waals surface area contributed by atoms with Gasteiger partial charge in [-0.3, -0.25) is 19.6 Å². The van der Waals surface area contributed by atoms with Gasteiger partial charge in [-0.15, -0.1) is 0 Å². The Labute approximate surface area is 180 Å². The number of hydrogen-bond donors (Lipinski definition) is 1. The number of nitro groups is 1. The first-order chi connectivity index (χ1) is 14.4. The second-order valence-corrected chi connectivity index (χ2v) is 7.23. The molecule has 10 heteroatoms. The molecule has 2 aromatic carbocycles. The Morgan fingerprint density at radius 1 is 1.30 bits per heavy atom. The minimum absolute atomic E-state index is 0.279. The van der Waals surface area contributed by atoms with Gasteiger partial charge in [0.2, 0.25) is 5.69 Å². The molecule has 1 aromatic heterocycles. The quantitative estimate of drug-likeness (QED) is 0.320. The monoisotopic (exact) mass is 471 g/mol. The van der Waals surface area contributed by atoms with Crippen molar-refractivity contribution in [3.05, 3.63) is 86.1 Å². The van der Waals surface area contributed by atoms with Gasteiger partial charge < -0.3 is 4.74 Å². The van der Waals surface area contributed by atoms with Crippen molar-refractivity contribution in [2.24, 2.45) is 5.10 Å². The summed E-state index contributed by atoms with van der Waals surface area (Å²) in [6.07, 6.45) is 1.23. The molecule has 0 atom stereocenters. The van der Waals surface area contributed by atoms with Gasteiger partial charge in [0.25, 0.3) is 5.91 Å². The number of nitrogens with zero attached hydrogens (tertiary/aromatic N) is 4. The summed E-state index contributed by atoms with van der Waals surface area (Å²) < 4.78 is 7.34. The number of ether oxygens (including phenoxy) is 1. The fraction of sp³-hybridized carbons (Fsp3) is 0.150. The highest BCUT2D eigenvalue weighted by Crippen LogP contribution is 2.19. The molecule has 1 N–H and O–H groups in total. The first-order valence-corrected chi connectivity index (χ1v) is 9.62. The second-order valence-electron chi connectivity index (χ2n) is 6.31. The predicted octanol–water partition coefficient (Wildman–Crippen LogP) is 3.76. The molecule has 0 radical (unpaired) electrons. The number of carbonyl (C=O) groups excluding carboxylic acids is 1. The molecule has 0 bridgehead atoms. The lowest BCUT2D eigenvalue weighted by molar-refractivity contribution is -0.385. The maximum absolute atomic E-state index is 12.5. The molecule has 1 amide bonds. The summed E-state index contributed by atoms with van der Waals surface area (Å²) in [6, 6.07) is 14.6. The lowest BCUT2D eigenvalue weighted by Crippen LogP contribution is -2.21. The highest BCUT2D eigenvalue weighted by molar-refractivity contribution is 9.10. The van der Waals surface area contributed by atoms with Crippen LogP contribution in [0.5, 0.6) is 5.75 Å². The highest BCUT2D eigenvalue weighted by Gasteiger charge is 2.25. The van der Waals surface area contributed by atoms with E-state index in [1.807, 2.05) is 24.3 Å². The van der Waals surface area contributed by atoms with Crippen molar-refractivity contribution in [3.8, 4) is 5.75 Å². The predicted molar refractivity (Wildman–Crippen MR) is 115 cm³/mol. The minimum Gasteiger partial charge on any atom is -0.497 e. The first-order valence-electron chi connectivity index (χ1n) is 8.82. The van der Waals surface area contributed by atoms with Crippen molar-refractivity contribution in [1.29, 1.82) is 0 Å². The van der Waals surface area contributed by atoms with Gasteiger partial charge >= 0.3 is 5.69 Å². The van der Waals surface area contributed by atoms with E-state index >= 15 is 0 Å². The van der Waals surface area contributed by atoms with Crippen molar-refractivity contribution in [1.82, 2.24) is 15.2 Å². The lowest BCUT2D eigenvalue weighted by Gasteiger charge is -2.04. The van der Waals surface area contributed by atoms with Gasteiger partial charge in [-0.25, -0.2) is 5.43 Å². The summed E-state index contributed by atoms with van der Waals surface area (Å²) in [5.41, 5.74) is 3.82. The molecule has 0 aliphatic heterocycles. The van der Waals surface area contributed by atoms with Gasteiger partial charge in [0.15, 0.2) is 0 Å². The van der Waals surface area contributed by atoms with Crippen LogP contribution in [0.2, 0.25) is 0 Å². The Morgan fingerprint density at radius 3 is 2.67 bits per heavy atom. The molecule has 0 aliphatic rings. The third-order valence-corrected chi connectivity index (χ3v) is 4.71. The molecular weight excluding hydrogens is 454 g/mol. The van der Waals surface area contributed by atoms with E-state index in [1.165, 1.54) is 10.9 Å². The first kappa shape index (κ1) is 21.2. The normalized spacial score (nSPS) is 11.2. The largest absolute Gasteiger partial charge is 0.497 e. The zero-order chi connectivity index (χ0) is 21.7. The van der Waals surface area contributed by atoms with Gasteiger partial charge in [-0.2, -0.15) is 10.2 Å². The van der Waals surface area contributed by atoms with Crippen LogP contribution in [0.1, 0.15) is 28.5 Å². The van der Waals surface area contributed by atoms with Crippen LogP contribution < -0.4 is 10.2 Å². The molecule has 0 saturated heterocycles. The van der Waals surface area contributed by atoms with Crippen LogP contribution in [-0.2, 0) is 6.54 Å². The van der Waals surface area contributed by atoms with E-state index in [0.29, 0.717) is 11.5 Å². The van der Waals surface area contributed by atoms with Crippen molar-refractivity contribution in [2.45, 2.75) is 13.5 Å². The zero-order valence-corrected chi connectivity index (χ0v) is 17.8. The maximum atomic E-state index is 12.5. The average Bonchev–Trinajstić information content (AvgIpc) is 3.16. The highest BCUT2D eigenvalue weighted by atomic mass is 79.9. The third-order valence-electron chi connectivity index (χ3n) is 4.22. The molecular formula is C20H18BrN5O4. The number of halogens is 1. The Kier molecular flexibility index (Phi) is 6.58. The van der Waals surface area contributed by atoms with Gasteiger partial charge in [0.1, 0.15) is 11.9 Å². The van der Waals surface area contributed by atoms with Crippen LogP contribution in [0.15, 0.2) is 64.3 Å².